The van der Waals surface area contributed by atoms with Gasteiger partial charge in [-0.25, -0.2) is 9.98 Å². The highest BCUT2D eigenvalue weighted by atomic mass is 15.2. The van der Waals surface area contributed by atoms with E-state index < -0.39 is 0 Å². The van der Waals surface area contributed by atoms with E-state index in [1.54, 1.807) is 0 Å². The largest absolute Gasteiger partial charge is 0.278 e. The Morgan fingerprint density at radius 2 is 1.34 bits per heavy atom. The number of benzene rings is 7. The Morgan fingerprint density at radius 1 is 0.629 bits per heavy atom. The fraction of sp³-hybridized carbons (Fsp3) is 0.186. The van der Waals surface area contributed by atoms with Crippen molar-refractivity contribution < 1.29 is 0 Å². The van der Waals surface area contributed by atoms with Crippen LogP contribution in [0, 0.1) is 19.8 Å². The van der Waals surface area contributed by atoms with Gasteiger partial charge in [0.1, 0.15) is 0 Å². The lowest BCUT2D eigenvalue weighted by Crippen LogP contribution is -2.17. The smallest absolute Gasteiger partial charge is 0.230 e. The first-order valence-electron chi connectivity index (χ1n) is 22.2. The molecule has 1 heterocycles. The van der Waals surface area contributed by atoms with Crippen molar-refractivity contribution in [3.8, 4) is 44.5 Å². The lowest BCUT2D eigenvalue weighted by Gasteiger charge is -2.22. The number of para-hydroxylation sites is 1. The van der Waals surface area contributed by atoms with Gasteiger partial charge in [-0.05, 0) is 136 Å². The van der Waals surface area contributed by atoms with E-state index in [4.69, 9.17) is 9.98 Å². The Bertz CT molecular complexity index is 3150. The Morgan fingerprint density at radius 3 is 2.15 bits per heavy atom. The zero-order valence-electron chi connectivity index (χ0n) is 36.7. The summed E-state index contributed by atoms with van der Waals surface area (Å²) >= 11 is 0. The molecule has 2 aliphatic carbocycles. The Hall–Kier alpha value is -6.84. The van der Waals surface area contributed by atoms with Gasteiger partial charge in [0.25, 0.3) is 0 Å². The number of rotatable bonds is 7. The number of fused-ring (bicyclic) bond motifs is 6. The van der Waals surface area contributed by atoms with Crippen molar-refractivity contribution in [1.82, 2.24) is 4.57 Å². The van der Waals surface area contributed by atoms with Gasteiger partial charge in [0.15, 0.2) is 0 Å². The summed E-state index contributed by atoms with van der Waals surface area (Å²) in [5.41, 5.74) is 19.7. The fourth-order valence-electron chi connectivity index (χ4n) is 10.1. The molecule has 0 saturated carbocycles. The van der Waals surface area contributed by atoms with E-state index in [0.717, 1.165) is 35.5 Å². The maximum atomic E-state index is 5.56. The van der Waals surface area contributed by atoms with Gasteiger partial charge >= 0.3 is 0 Å². The van der Waals surface area contributed by atoms with Crippen molar-refractivity contribution in [3.63, 3.8) is 0 Å². The van der Waals surface area contributed by atoms with Crippen LogP contribution in [0.15, 0.2) is 186 Å². The highest BCUT2D eigenvalue weighted by Crippen LogP contribution is 2.52. The summed E-state index contributed by atoms with van der Waals surface area (Å²) in [5, 5.41) is 2.44. The second-order valence-electron chi connectivity index (χ2n) is 17.7. The average Bonchev–Trinajstić information content (AvgIpc) is 3.75. The minimum Gasteiger partial charge on any atom is -0.278 e. The molecule has 3 heteroatoms. The first-order chi connectivity index (χ1) is 30.2. The second kappa shape index (κ2) is 15.9. The van der Waals surface area contributed by atoms with Crippen LogP contribution in [0.3, 0.4) is 0 Å². The van der Waals surface area contributed by atoms with Crippen LogP contribution >= 0.6 is 0 Å². The van der Waals surface area contributed by atoms with E-state index in [-0.39, 0.29) is 17.4 Å². The maximum Gasteiger partial charge on any atom is 0.230 e. The van der Waals surface area contributed by atoms with Gasteiger partial charge in [0, 0.05) is 27.8 Å². The first-order valence-corrected chi connectivity index (χ1v) is 22.2. The van der Waals surface area contributed by atoms with Crippen LogP contribution in [0.4, 0.5) is 0 Å². The van der Waals surface area contributed by atoms with Gasteiger partial charge in [-0.2, -0.15) is 0 Å². The molecule has 0 N–H and O–H groups in total. The van der Waals surface area contributed by atoms with Crippen LogP contribution in [0.25, 0.3) is 66.3 Å². The maximum absolute atomic E-state index is 5.56. The lowest BCUT2D eigenvalue weighted by atomic mass is 9.81. The lowest BCUT2D eigenvalue weighted by molar-refractivity contribution is 0.661. The molecule has 2 unspecified atom stereocenters. The minimum atomic E-state index is -0.207. The molecule has 8 aromatic rings. The van der Waals surface area contributed by atoms with Gasteiger partial charge in [-0.3, -0.25) is 4.57 Å². The number of aromatic nitrogens is 1. The highest BCUT2D eigenvalue weighted by molar-refractivity contribution is 6.17. The Labute approximate surface area is 366 Å². The molecule has 0 radical (unpaired) electrons. The number of allylic oxidation sites excluding steroid dienone is 4. The van der Waals surface area contributed by atoms with E-state index in [9.17, 15) is 0 Å². The number of hydrogen-bond acceptors (Lipinski definition) is 1. The number of aliphatic imine (C=N–C) groups is 2. The van der Waals surface area contributed by atoms with Gasteiger partial charge < -0.3 is 0 Å². The van der Waals surface area contributed by atoms with Crippen LogP contribution in [-0.2, 0) is 5.41 Å². The van der Waals surface area contributed by atoms with Crippen LogP contribution in [0.2, 0.25) is 0 Å². The van der Waals surface area contributed by atoms with Crippen molar-refractivity contribution in [2.45, 2.75) is 65.8 Å². The zero-order valence-corrected chi connectivity index (χ0v) is 36.7. The van der Waals surface area contributed by atoms with Gasteiger partial charge in [-0.1, -0.05) is 166 Å². The SMILES string of the molecule is CCC(/N=C(\N=C(/C)C1C=CC=CC1)n1c2ccccc2c2cc3c(cc21)-c1ccc(-c2cccc(-c4cccc(-c5ccccc5C)c4C)c2)cc1C3(C)C)c1ccccc1. The molecule has 0 fully saturated rings. The van der Waals surface area contributed by atoms with Gasteiger partial charge in [0.2, 0.25) is 5.96 Å². The molecule has 304 valence electrons. The number of hydrogen-bond donors (Lipinski definition) is 0. The first kappa shape index (κ1) is 39.3. The van der Waals surface area contributed by atoms with Crippen molar-refractivity contribution in [1.29, 1.82) is 0 Å². The molecule has 62 heavy (non-hydrogen) atoms. The van der Waals surface area contributed by atoms with E-state index in [1.807, 2.05) is 0 Å². The van der Waals surface area contributed by atoms with E-state index in [2.05, 4.69) is 222 Å². The number of nitrogens with zero attached hydrogens (tertiary/aromatic N) is 3. The summed E-state index contributed by atoms with van der Waals surface area (Å²) in [5.74, 6) is 0.967. The molecule has 0 bridgehead atoms. The standard InChI is InChI=1S/C59H53N3/c1-7-55(42-23-12-9-13-24-42)61-58(60-40(4)41-21-10-8-11-22-41)62-56-31-17-16-28-50(56)52-36-54-51(37-57(52)62)49-33-32-44(35-53(49)59(54,5)6)43-25-18-26-45(34-43)47-29-19-30-48(39(47)3)46-27-15-14-20-38(46)2/h8-21,23-37,41,55H,7,22H2,1-6H3/b60-40+,61-58+. The molecule has 0 amide bonds. The Balaban J connectivity index is 1.10. The van der Waals surface area contributed by atoms with Crippen molar-refractivity contribution in [2.75, 3.05) is 0 Å². The molecule has 2 aliphatic rings. The molecule has 0 spiro atoms. The van der Waals surface area contributed by atoms with Crippen LogP contribution < -0.4 is 0 Å². The molecule has 3 nitrogen and oxygen atoms in total. The van der Waals surface area contributed by atoms with Crippen LogP contribution in [0.1, 0.15) is 74.4 Å². The Kier molecular flexibility index (Phi) is 10.1. The highest BCUT2D eigenvalue weighted by Gasteiger charge is 2.37. The third-order valence-corrected chi connectivity index (χ3v) is 13.6. The summed E-state index contributed by atoms with van der Waals surface area (Å²) < 4.78 is 2.34. The van der Waals surface area contributed by atoms with E-state index in [1.165, 1.54) is 83.1 Å². The second-order valence-corrected chi connectivity index (χ2v) is 17.7. The minimum absolute atomic E-state index is 0.0346. The van der Waals surface area contributed by atoms with Crippen molar-refractivity contribution >= 4 is 33.5 Å². The van der Waals surface area contributed by atoms with E-state index in [0.29, 0.717) is 0 Å². The van der Waals surface area contributed by atoms with Gasteiger partial charge in [0.05, 0.1) is 17.1 Å². The third-order valence-electron chi connectivity index (χ3n) is 13.6. The van der Waals surface area contributed by atoms with E-state index >= 15 is 0 Å². The van der Waals surface area contributed by atoms with Crippen molar-refractivity contribution in [3.05, 3.63) is 204 Å². The quantitative estimate of drug-likeness (QED) is 0.113. The zero-order chi connectivity index (χ0) is 42.5. The average molecular weight is 804 g/mol. The van der Waals surface area contributed by atoms with Crippen LogP contribution in [0.5, 0.6) is 0 Å². The molecule has 2 atom stereocenters. The topological polar surface area (TPSA) is 29.6 Å². The normalized spacial score (nSPS) is 16.2. The van der Waals surface area contributed by atoms with Crippen molar-refractivity contribution in [2.24, 2.45) is 15.9 Å². The molecule has 0 aliphatic heterocycles. The summed E-state index contributed by atoms with van der Waals surface area (Å²) in [6, 6.07) is 55.9. The van der Waals surface area contributed by atoms with Gasteiger partial charge in [-0.15, -0.1) is 0 Å². The monoisotopic (exact) mass is 803 g/mol. The third kappa shape index (κ3) is 6.77. The molecule has 10 rings (SSSR count). The predicted molar refractivity (Wildman–Crippen MR) is 265 cm³/mol. The molecule has 1 aromatic heterocycles. The predicted octanol–water partition coefficient (Wildman–Crippen LogP) is 15.7. The molecular formula is C59H53N3. The number of aryl methyl sites for hydroxylation is 1. The fourth-order valence-corrected chi connectivity index (χ4v) is 10.1. The molecule has 7 aromatic carbocycles. The summed E-state index contributed by atoms with van der Waals surface area (Å²) in [4.78, 5) is 11.0. The molecule has 0 saturated heterocycles. The summed E-state index contributed by atoms with van der Waals surface area (Å²) in [6.07, 6.45) is 10.6. The molecular weight excluding hydrogens is 751 g/mol. The summed E-state index contributed by atoms with van der Waals surface area (Å²) in [7, 11) is 0. The van der Waals surface area contributed by atoms with Crippen LogP contribution in [-0.4, -0.2) is 16.2 Å². The summed E-state index contributed by atoms with van der Waals surface area (Å²) in [6.45, 7) is 13.6.